The number of carbonyl (C=O) groups excluding carboxylic acids is 2. The van der Waals surface area contributed by atoms with E-state index in [0.29, 0.717) is 25.3 Å². The van der Waals surface area contributed by atoms with E-state index >= 15 is 0 Å². The Morgan fingerprint density at radius 2 is 2.00 bits per heavy atom. The molecular formula is C18H22FN5O3. The van der Waals surface area contributed by atoms with Crippen molar-refractivity contribution in [1.29, 1.82) is 0 Å². The highest BCUT2D eigenvalue weighted by molar-refractivity contribution is 5.83. The Hall–Kier alpha value is -2.97. The minimum absolute atomic E-state index is 0.00614. The van der Waals surface area contributed by atoms with E-state index in [1.165, 1.54) is 17.6 Å². The first-order valence-electron chi connectivity index (χ1n) is 8.89. The Bertz CT molecular complexity index is 883. The number of H-pyrrole nitrogens is 1. The van der Waals surface area contributed by atoms with Crippen molar-refractivity contribution in [3.05, 3.63) is 46.4 Å². The zero-order chi connectivity index (χ0) is 19.4. The van der Waals surface area contributed by atoms with Gasteiger partial charge in [0, 0.05) is 26.4 Å². The van der Waals surface area contributed by atoms with Gasteiger partial charge in [-0.25, -0.2) is 18.9 Å². The number of carbonyl (C=O) groups is 2. The Kier molecular flexibility index (Phi) is 5.68. The van der Waals surface area contributed by atoms with Crippen LogP contribution in [0.3, 0.4) is 0 Å². The van der Waals surface area contributed by atoms with E-state index in [2.05, 4.69) is 15.5 Å². The van der Waals surface area contributed by atoms with Crippen LogP contribution in [0.15, 0.2) is 29.1 Å². The van der Waals surface area contributed by atoms with Crippen LogP contribution in [0, 0.1) is 11.7 Å². The number of hydrogen-bond donors (Lipinski definition) is 2. The van der Waals surface area contributed by atoms with Crippen molar-refractivity contribution in [3.8, 4) is 5.69 Å². The third-order valence-electron chi connectivity index (χ3n) is 4.76. The second kappa shape index (κ2) is 8.15. The molecule has 1 saturated heterocycles. The van der Waals surface area contributed by atoms with Gasteiger partial charge in [-0.05, 0) is 30.9 Å². The lowest BCUT2D eigenvalue weighted by atomic mass is 9.93. The Morgan fingerprint density at radius 3 is 2.67 bits per heavy atom. The highest BCUT2D eigenvalue weighted by Crippen LogP contribution is 2.22. The summed E-state index contributed by atoms with van der Waals surface area (Å²) in [7, 11) is 0. The summed E-state index contributed by atoms with van der Waals surface area (Å²) in [6.45, 7) is 2.54. The summed E-state index contributed by atoms with van der Waals surface area (Å²) in [6, 6.07) is 6.08. The number of aromatic nitrogens is 3. The zero-order valence-corrected chi connectivity index (χ0v) is 15.1. The second-order valence-electron chi connectivity index (χ2n) is 6.67. The summed E-state index contributed by atoms with van der Waals surface area (Å²) in [4.78, 5) is 36.8. The van der Waals surface area contributed by atoms with E-state index < -0.39 is 11.5 Å². The average molecular weight is 375 g/mol. The van der Waals surface area contributed by atoms with Crippen LogP contribution in [-0.2, 0) is 16.0 Å². The maximum atomic E-state index is 14.1. The molecule has 2 aromatic rings. The van der Waals surface area contributed by atoms with Gasteiger partial charge in [0.1, 0.15) is 11.6 Å². The van der Waals surface area contributed by atoms with E-state index in [9.17, 15) is 18.8 Å². The molecule has 0 unspecified atom stereocenters. The van der Waals surface area contributed by atoms with Crippen molar-refractivity contribution in [1.82, 2.24) is 25.0 Å². The van der Waals surface area contributed by atoms with Gasteiger partial charge in [0.15, 0.2) is 0 Å². The molecule has 3 rings (SSSR count). The van der Waals surface area contributed by atoms with Crippen molar-refractivity contribution in [2.75, 3.05) is 19.6 Å². The molecule has 27 heavy (non-hydrogen) atoms. The van der Waals surface area contributed by atoms with Gasteiger partial charge in [0.25, 0.3) is 0 Å². The second-order valence-corrected chi connectivity index (χ2v) is 6.67. The van der Waals surface area contributed by atoms with E-state index in [1.807, 2.05) is 0 Å². The largest absolute Gasteiger partial charge is 0.348 e. The molecular weight excluding hydrogens is 353 g/mol. The Labute approximate surface area is 155 Å². The van der Waals surface area contributed by atoms with Gasteiger partial charge in [-0.1, -0.05) is 12.1 Å². The fourth-order valence-electron chi connectivity index (χ4n) is 3.30. The summed E-state index contributed by atoms with van der Waals surface area (Å²) >= 11 is 0. The van der Waals surface area contributed by atoms with E-state index in [1.54, 1.807) is 23.1 Å². The topological polar surface area (TPSA) is 100 Å². The minimum atomic E-state index is -0.486. The lowest BCUT2D eigenvalue weighted by Gasteiger charge is -2.32. The summed E-state index contributed by atoms with van der Waals surface area (Å²) in [6.07, 6.45) is 2.02. The molecule has 9 heteroatoms. The van der Waals surface area contributed by atoms with Crippen LogP contribution in [-0.4, -0.2) is 51.1 Å². The number of hydrogen-bond acceptors (Lipinski definition) is 4. The number of halogens is 1. The van der Waals surface area contributed by atoms with Crippen LogP contribution in [0.1, 0.15) is 25.6 Å². The summed E-state index contributed by atoms with van der Waals surface area (Å²) in [5.74, 6) is -0.112. The number of amides is 2. The van der Waals surface area contributed by atoms with E-state index in [4.69, 9.17) is 0 Å². The fraction of sp³-hybridized carbons (Fsp3) is 0.444. The molecule has 0 spiro atoms. The van der Waals surface area contributed by atoms with Gasteiger partial charge >= 0.3 is 5.69 Å². The molecule has 2 N–H and O–H groups in total. The molecule has 0 aliphatic carbocycles. The van der Waals surface area contributed by atoms with Gasteiger partial charge in [-0.15, -0.1) is 0 Å². The molecule has 0 bridgehead atoms. The molecule has 1 fully saturated rings. The third kappa shape index (κ3) is 4.42. The quantitative estimate of drug-likeness (QED) is 0.800. The lowest BCUT2D eigenvalue weighted by molar-refractivity contribution is -0.133. The lowest BCUT2D eigenvalue weighted by Crippen LogP contribution is -2.44. The number of benzene rings is 1. The summed E-state index contributed by atoms with van der Waals surface area (Å²) < 4.78 is 15.4. The van der Waals surface area contributed by atoms with Crippen LogP contribution < -0.4 is 11.0 Å². The minimum Gasteiger partial charge on any atom is -0.347 e. The van der Waals surface area contributed by atoms with Crippen LogP contribution in [0.4, 0.5) is 4.39 Å². The summed E-state index contributed by atoms with van der Waals surface area (Å²) in [5, 5.41) is 8.96. The molecule has 1 aliphatic rings. The molecule has 1 aliphatic heterocycles. The first-order valence-corrected chi connectivity index (χ1v) is 8.89. The van der Waals surface area contributed by atoms with Crippen LogP contribution in [0.2, 0.25) is 0 Å². The van der Waals surface area contributed by atoms with Gasteiger partial charge in [0.05, 0.1) is 12.2 Å². The predicted molar refractivity (Wildman–Crippen MR) is 95.8 cm³/mol. The van der Waals surface area contributed by atoms with E-state index in [-0.39, 0.29) is 30.0 Å². The monoisotopic (exact) mass is 375 g/mol. The van der Waals surface area contributed by atoms with Crippen LogP contribution >= 0.6 is 0 Å². The number of piperidine rings is 1. The van der Waals surface area contributed by atoms with Crippen molar-refractivity contribution in [3.63, 3.8) is 0 Å². The molecule has 2 heterocycles. The number of rotatable bonds is 5. The molecule has 0 atom stereocenters. The molecule has 1 aromatic carbocycles. The van der Waals surface area contributed by atoms with Crippen LogP contribution in [0.5, 0.6) is 0 Å². The van der Waals surface area contributed by atoms with Crippen LogP contribution in [0.25, 0.3) is 5.69 Å². The highest BCUT2D eigenvalue weighted by Gasteiger charge is 2.25. The number of para-hydroxylation sites is 1. The number of aromatic amines is 1. The molecule has 144 valence electrons. The van der Waals surface area contributed by atoms with Gasteiger partial charge in [-0.3, -0.25) is 9.59 Å². The maximum absolute atomic E-state index is 14.1. The first kappa shape index (κ1) is 18.8. The molecule has 0 saturated carbocycles. The zero-order valence-electron chi connectivity index (χ0n) is 15.1. The molecule has 1 aromatic heterocycles. The average Bonchev–Trinajstić information content (AvgIpc) is 3.01. The SMILES string of the molecule is CC(=O)NCC(=O)N1CCC(Cc2n[nH]c(=O)n2-c2ccccc2F)CC1. The summed E-state index contributed by atoms with van der Waals surface area (Å²) in [5.41, 5.74) is -0.299. The van der Waals surface area contributed by atoms with Gasteiger partial charge < -0.3 is 10.2 Å². The fourth-order valence-corrected chi connectivity index (χ4v) is 3.30. The van der Waals surface area contributed by atoms with Gasteiger partial charge in [-0.2, -0.15) is 5.10 Å². The Morgan fingerprint density at radius 1 is 1.30 bits per heavy atom. The normalized spacial score (nSPS) is 15.0. The smallest absolute Gasteiger partial charge is 0.347 e. The first-order chi connectivity index (χ1) is 13.0. The standard InChI is InChI=1S/C18H22FN5O3/c1-12(25)20-11-17(26)23-8-6-13(7-9-23)10-16-21-22-18(27)24(16)15-5-3-2-4-14(15)19/h2-5,13H,6-11H2,1H3,(H,20,25)(H,22,27). The molecule has 2 amide bonds. The van der Waals surface area contributed by atoms with Crippen molar-refractivity contribution in [2.24, 2.45) is 5.92 Å². The van der Waals surface area contributed by atoms with E-state index in [0.717, 1.165) is 12.8 Å². The number of likely N-dealkylation sites (tertiary alicyclic amines) is 1. The highest BCUT2D eigenvalue weighted by atomic mass is 19.1. The van der Waals surface area contributed by atoms with Crippen molar-refractivity contribution in [2.45, 2.75) is 26.2 Å². The van der Waals surface area contributed by atoms with Crippen molar-refractivity contribution < 1.29 is 14.0 Å². The third-order valence-corrected chi connectivity index (χ3v) is 4.76. The number of nitrogens with one attached hydrogen (secondary N) is 2. The van der Waals surface area contributed by atoms with Gasteiger partial charge in [0.2, 0.25) is 11.8 Å². The maximum Gasteiger partial charge on any atom is 0.348 e. The molecule has 8 nitrogen and oxygen atoms in total. The Balaban J connectivity index is 1.64. The predicted octanol–water partition coefficient (Wildman–Crippen LogP) is 0.617. The number of nitrogens with zero attached hydrogens (tertiary/aromatic N) is 3. The molecule has 0 radical (unpaired) electrons. The van der Waals surface area contributed by atoms with Crippen molar-refractivity contribution >= 4 is 11.8 Å².